The monoisotopic (exact) mass is 833 g/mol. The second-order valence-electron chi connectivity index (χ2n) is 17.5. The smallest absolute Gasteiger partial charge is 0.164 e. The minimum atomic E-state index is -0.0716. The highest BCUT2D eigenvalue weighted by atomic mass is 16.3. The van der Waals surface area contributed by atoms with Crippen LogP contribution in [0.1, 0.15) is 25.0 Å². The minimum Gasteiger partial charge on any atom is -0.456 e. The van der Waals surface area contributed by atoms with Gasteiger partial charge in [0.05, 0.1) is 0 Å². The van der Waals surface area contributed by atoms with E-state index in [0.29, 0.717) is 17.5 Å². The van der Waals surface area contributed by atoms with Crippen molar-refractivity contribution < 1.29 is 8.83 Å². The zero-order valence-electron chi connectivity index (χ0n) is 35.7. The number of nitrogens with zero attached hydrogens (tertiary/aromatic N) is 3. The van der Waals surface area contributed by atoms with Crippen molar-refractivity contribution in [1.82, 2.24) is 15.0 Å². The molecule has 0 atom stereocenters. The van der Waals surface area contributed by atoms with Crippen LogP contribution < -0.4 is 0 Å². The van der Waals surface area contributed by atoms with Crippen molar-refractivity contribution in [3.8, 4) is 78.7 Å². The fourth-order valence-corrected chi connectivity index (χ4v) is 10.1. The Bertz CT molecular complexity index is 3880. The highest BCUT2D eigenvalue weighted by Gasteiger charge is 2.35. The van der Waals surface area contributed by atoms with Crippen molar-refractivity contribution in [1.29, 1.82) is 0 Å². The van der Waals surface area contributed by atoms with Gasteiger partial charge in [0, 0.05) is 43.7 Å². The molecule has 0 fully saturated rings. The van der Waals surface area contributed by atoms with Gasteiger partial charge in [0.25, 0.3) is 0 Å². The van der Waals surface area contributed by atoms with Gasteiger partial charge in [-0.15, -0.1) is 0 Å². The number of hydrogen-bond donors (Lipinski definition) is 0. The molecule has 306 valence electrons. The molecule has 0 radical (unpaired) electrons. The third kappa shape index (κ3) is 5.97. The Labute approximate surface area is 375 Å². The third-order valence-corrected chi connectivity index (χ3v) is 13.4. The summed E-state index contributed by atoms with van der Waals surface area (Å²) in [6, 6.07) is 70.2. The Morgan fingerprint density at radius 1 is 0.308 bits per heavy atom. The van der Waals surface area contributed by atoms with Crippen molar-refractivity contribution in [2.75, 3.05) is 0 Å². The molecule has 13 rings (SSSR count). The SMILES string of the molecule is CC1(C)c2ccccc2-c2ccc(-c3cccc(-c4ccc5oc6cccc(-c7nc(-c8cccc(-c9ccccc9)c8)nc(-c8cccc9oc%10ccccc%10c89)n7)c6c5c4)c3)cc21. The average Bonchev–Trinajstić information content (AvgIpc) is 4.01. The molecule has 3 aromatic heterocycles. The summed E-state index contributed by atoms with van der Waals surface area (Å²) < 4.78 is 12.9. The molecule has 0 bridgehead atoms. The van der Waals surface area contributed by atoms with Crippen LogP contribution in [-0.2, 0) is 5.41 Å². The number of aromatic nitrogens is 3. The summed E-state index contributed by atoms with van der Waals surface area (Å²) in [5, 5.41) is 3.93. The van der Waals surface area contributed by atoms with Crippen LogP contribution in [-0.4, -0.2) is 15.0 Å². The summed E-state index contributed by atoms with van der Waals surface area (Å²) in [6.45, 7) is 4.67. The van der Waals surface area contributed by atoms with Gasteiger partial charge in [0.1, 0.15) is 22.3 Å². The van der Waals surface area contributed by atoms with E-state index in [2.05, 4.69) is 166 Å². The van der Waals surface area contributed by atoms with E-state index in [9.17, 15) is 0 Å². The molecule has 12 aromatic rings. The Kier molecular flexibility index (Phi) is 8.18. The Balaban J connectivity index is 0.966. The second-order valence-corrected chi connectivity index (χ2v) is 17.5. The zero-order chi connectivity index (χ0) is 43.2. The first-order valence-electron chi connectivity index (χ1n) is 22.1. The largest absolute Gasteiger partial charge is 0.456 e. The van der Waals surface area contributed by atoms with Gasteiger partial charge in [0.15, 0.2) is 17.5 Å². The summed E-state index contributed by atoms with van der Waals surface area (Å²) in [6.07, 6.45) is 0. The molecule has 0 saturated carbocycles. The molecule has 0 N–H and O–H groups in total. The molecule has 1 aliphatic carbocycles. The van der Waals surface area contributed by atoms with E-state index in [0.717, 1.165) is 82.8 Å². The van der Waals surface area contributed by atoms with E-state index in [1.165, 1.54) is 33.4 Å². The molecule has 0 aliphatic heterocycles. The molecule has 0 saturated heterocycles. The lowest BCUT2D eigenvalue weighted by molar-refractivity contribution is 0.660. The number of furan rings is 2. The summed E-state index contributed by atoms with van der Waals surface area (Å²) in [5.41, 5.74) is 17.9. The molecular formula is C60H39N3O2. The van der Waals surface area contributed by atoms with Crippen LogP contribution in [0.15, 0.2) is 209 Å². The van der Waals surface area contributed by atoms with Crippen molar-refractivity contribution in [2.24, 2.45) is 0 Å². The molecule has 65 heavy (non-hydrogen) atoms. The lowest BCUT2D eigenvalue weighted by atomic mass is 9.81. The van der Waals surface area contributed by atoms with E-state index >= 15 is 0 Å². The van der Waals surface area contributed by atoms with Gasteiger partial charge in [-0.25, -0.2) is 15.0 Å². The van der Waals surface area contributed by atoms with Crippen molar-refractivity contribution in [3.63, 3.8) is 0 Å². The van der Waals surface area contributed by atoms with Crippen molar-refractivity contribution in [3.05, 3.63) is 211 Å². The zero-order valence-corrected chi connectivity index (χ0v) is 35.7. The number of rotatable bonds is 6. The van der Waals surface area contributed by atoms with Crippen LogP contribution in [0.2, 0.25) is 0 Å². The molecule has 5 heteroatoms. The minimum absolute atomic E-state index is 0.0716. The summed E-state index contributed by atoms with van der Waals surface area (Å²) in [4.78, 5) is 15.8. The fraction of sp³-hybridized carbons (Fsp3) is 0.0500. The topological polar surface area (TPSA) is 65.0 Å². The summed E-state index contributed by atoms with van der Waals surface area (Å²) >= 11 is 0. The average molecular weight is 834 g/mol. The number of fused-ring (bicyclic) bond motifs is 9. The lowest BCUT2D eigenvalue weighted by Crippen LogP contribution is -2.14. The molecule has 3 heterocycles. The van der Waals surface area contributed by atoms with Crippen LogP contribution in [0.5, 0.6) is 0 Å². The first-order chi connectivity index (χ1) is 31.9. The molecular weight excluding hydrogens is 795 g/mol. The first-order valence-corrected chi connectivity index (χ1v) is 22.1. The number of benzene rings is 9. The maximum absolute atomic E-state index is 6.59. The molecule has 9 aromatic carbocycles. The van der Waals surface area contributed by atoms with Gasteiger partial charge in [-0.1, -0.05) is 166 Å². The lowest BCUT2D eigenvalue weighted by Gasteiger charge is -2.22. The van der Waals surface area contributed by atoms with E-state index in [1.54, 1.807) is 0 Å². The highest BCUT2D eigenvalue weighted by molar-refractivity contribution is 6.14. The van der Waals surface area contributed by atoms with Gasteiger partial charge >= 0.3 is 0 Å². The maximum Gasteiger partial charge on any atom is 0.164 e. The van der Waals surface area contributed by atoms with Crippen LogP contribution in [0.3, 0.4) is 0 Å². The van der Waals surface area contributed by atoms with Crippen molar-refractivity contribution in [2.45, 2.75) is 19.3 Å². The summed E-state index contributed by atoms with van der Waals surface area (Å²) in [5.74, 6) is 1.70. The molecule has 0 amide bonds. The third-order valence-electron chi connectivity index (χ3n) is 13.4. The van der Waals surface area contributed by atoms with Crippen LogP contribution in [0.25, 0.3) is 123 Å². The Hall–Kier alpha value is -8.41. The predicted molar refractivity (Wildman–Crippen MR) is 265 cm³/mol. The Morgan fingerprint density at radius 2 is 0.785 bits per heavy atom. The van der Waals surface area contributed by atoms with E-state index < -0.39 is 0 Å². The van der Waals surface area contributed by atoms with Crippen LogP contribution in [0, 0.1) is 0 Å². The van der Waals surface area contributed by atoms with Gasteiger partial charge in [-0.05, 0) is 104 Å². The highest BCUT2D eigenvalue weighted by Crippen LogP contribution is 2.50. The number of hydrogen-bond acceptors (Lipinski definition) is 5. The van der Waals surface area contributed by atoms with Gasteiger partial charge in [-0.3, -0.25) is 0 Å². The van der Waals surface area contributed by atoms with Gasteiger partial charge < -0.3 is 8.83 Å². The normalized spacial score (nSPS) is 12.9. The second kappa shape index (κ2) is 14.3. The number of para-hydroxylation sites is 1. The quantitative estimate of drug-likeness (QED) is 0.167. The van der Waals surface area contributed by atoms with Gasteiger partial charge in [-0.2, -0.15) is 0 Å². The van der Waals surface area contributed by atoms with Crippen LogP contribution >= 0.6 is 0 Å². The molecule has 0 spiro atoms. The van der Waals surface area contributed by atoms with E-state index in [1.807, 2.05) is 48.5 Å². The van der Waals surface area contributed by atoms with E-state index in [4.69, 9.17) is 23.8 Å². The Morgan fingerprint density at radius 3 is 1.54 bits per heavy atom. The fourth-order valence-electron chi connectivity index (χ4n) is 10.1. The van der Waals surface area contributed by atoms with Crippen LogP contribution in [0.4, 0.5) is 0 Å². The predicted octanol–water partition coefficient (Wildman–Crippen LogP) is 16.0. The summed E-state index contributed by atoms with van der Waals surface area (Å²) in [7, 11) is 0. The first kappa shape index (κ1) is 37.2. The maximum atomic E-state index is 6.59. The van der Waals surface area contributed by atoms with Gasteiger partial charge in [0.2, 0.25) is 0 Å². The van der Waals surface area contributed by atoms with Crippen molar-refractivity contribution >= 4 is 43.9 Å². The molecule has 5 nitrogen and oxygen atoms in total. The standard InChI is InChI=1S/C60H39N3O2/c1-60(2)49-24-8-6-20-43(49)44-30-28-41(35-50(44)60)39-18-10-17-38(32-39)40-29-31-52-48(34-40)56-47(23-13-27-54(56)65-52)59-62-57(42-19-11-16-37(33-42)36-14-4-3-5-15-36)61-58(63-59)46-22-12-26-53-55(46)45-21-7-9-25-51(45)64-53/h3-35H,1-2H3. The molecule has 1 aliphatic rings. The molecule has 0 unspecified atom stereocenters. The van der Waals surface area contributed by atoms with E-state index in [-0.39, 0.29) is 5.41 Å².